The quantitative estimate of drug-likeness (QED) is 0.800. The van der Waals surface area contributed by atoms with E-state index < -0.39 is 5.54 Å². The molecule has 2 aliphatic rings. The lowest BCUT2D eigenvalue weighted by Crippen LogP contribution is -2.41. The third-order valence-electron chi connectivity index (χ3n) is 5.35. The van der Waals surface area contributed by atoms with E-state index in [1.807, 2.05) is 6.07 Å². The first kappa shape index (κ1) is 17.9. The van der Waals surface area contributed by atoms with Gasteiger partial charge in [0.25, 0.3) is 5.91 Å². The Morgan fingerprint density at radius 3 is 2.63 bits per heavy atom. The van der Waals surface area contributed by atoms with Crippen molar-refractivity contribution in [1.29, 1.82) is 0 Å². The predicted molar refractivity (Wildman–Crippen MR) is 103 cm³/mol. The maximum atomic E-state index is 13.0. The van der Waals surface area contributed by atoms with E-state index in [2.05, 4.69) is 17.4 Å². The summed E-state index contributed by atoms with van der Waals surface area (Å²) in [5, 5.41) is 3.48. The molecule has 1 fully saturated rings. The van der Waals surface area contributed by atoms with Gasteiger partial charge in [0.1, 0.15) is 17.9 Å². The second-order valence-electron chi connectivity index (χ2n) is 7.15. The Kier molecular flexibility index (Phi) is 4.56. The molecule has 1 unspecified atom stereocenters. The van der Waals surface area contributed by atoms with E-state index in [0.29, 0.717) is 10.8 Å². The number of aryl methyl sites for hydroxylation is 2. The van der Waals surface area contributed by atoms with Gasteiger partial charge in [-0.05, 0) is 67.1 Å². The van der Waals surface area contributed by atoms with Crippen molar-refractivity contribution in [3.8, 4) is 5.75 Å². The van der Waals surface area contributed by atoms with Gasteiger partial charge in [0.15, 0.2) is 0 Å². The van der Waals surface area contributed by atoms with Crippen LogP contribution in [0.3, 0.4) is 0 Å². The van der Waals surface area contributed by atoms with Gasteiger partial charge in [-0.25, -0.2) is 4.79 Å². The summed E-state index contributed by atoms with van der Waals surface area (Å²) in [4.78, 5) is 26.6. The van der Waals surface area contributed by atoms with Gasteiger partial charge in [-0.15, -0.1) is 0 Å². The van der Waals surface area contributed by atoms with Crippen LogP contribution >= 0.6 is 11.6 Å². The number of fused-ring (bicyclic) bond motifs is 1. The van der Waals surface area contributed by atoms with Gasteiger partial charge in [-0.1, -0.05) is 29.8 Å². The standard InChI is InChI=1S/C21H21ClN2O3/c1-21(16-6-5-14-3-2-4-15(14)13-16)19(25)24(20(26)23-21)11-12-27-18-9-7-17(22)8-10-18/h5-10,13H,2-4,11-12H2,1H3,(H,23,26). The molecular weight excluding hydrogens is 364 g/mol. The molecule has 1 heterocycles. The number of amides is 3. The zero-order chi connectivity index (χ0) is 19.0. The van der Waals surface area contributed by atoms with Crippen LogP contribution < -0.4 is 10.1 Å². The minimum absolute atomic E-state index is 0.188. The fraction of sp³-hybridized carbons (Fsp3) is 0.333. The molecule has 0 aromatic heterocycles. The Morgan fingerprint density at radius 2 is 1.85 bits per heavy atom. The summed E-state index contributed by atoms with van der Waals surface area (Å²) in [7, 11) is 0. The molecule has 4 rings (SSSR count). The molecule has 5 nitrogen and oxygen atoms in total. The third-order valence-corrected chi connectivity index (χ3v) is 5.60. The number of imide groups is 1. The van der Waals surface area contributed by atoms with Crippen LogP contribution in [0.1, 0.15) is 30.0 Å². The van der Waals surface area contributed by atoms with Crippen LogP contribution in [-0.2, 0) is 23.2 Å². The minimum atomic E-state index is -1.03. The lowest BCUT2D eigenvalue weighted by molar-refractivity contribution is -0.131. The maximum absolute atomic E-state index is 13.0. The molecule has 2 aromatic rings. The van der Waals surface area contributed by atoms with Crippen molar-refractivity contribution in [3.05, 3.63) is 64.2 Å². The van der Waals surface area contributed by atoms with Crippen LogP contribution in [0, 0.1) is 0 Å². The van der Waals surface area contributed by atoms with E-state index in [1.165, 1.54) is 16.0 Å². The largest absolute Gasteiger partial charge is 0.492 e. The highest BCUT2D eigenvalue weighted by molar-refractivity contribution is 6.30. The Hall–Kier alpha value is -2.53. The van der Waals surface area contributed by atoms with Gasteiger partial charge in [-0.2, -0.15) is 0 Å². The van der Waals surface area contributed by atoms with Crippen molar-refractivity contribution in [2.75, 3.05) is 13.2 Å². The van der Waals surface area contributed by atoms with E-state index in [9.17, 15) is 9.59 Å². The Balaban J connectivity index is 1.45. The molecule has 27 heavy (non-hydrogen) atoms. The van der Waals surface area contributed by atoms with Crippen molar-refractivity contribution in [1.82, 2.24) is 10.2 Å². The van der Waals surface area contributed by atoms with Crippen LogP contribution in [0.25, 0.3) is 0 Å². The Bertz CT molecular complexity index is 897. The number of carbonyl (C=O) groups excluding carboxylic acids is 2. The number of carbonyl (C=O) groups is 2. The number of benzene rings is 2. The normalized spacial score (nSPS) is 21.3. The highest BCUT2D eigenvalue weighted by Crippen LogP contribution is 2.32. The number of urea groups is 1. The summed E-state index contributed by atoms with van der Waals surface area (Å²) in [5.41, 5.74) is 2.42. The summed E-state index contributed by atoms with van der Waals surface area (Å²) in [6.07, 6.45) is 3.25. The van der Waals surface area contributed by atoms with E-state index in [-0.39, 0.29) is 25.1 Å². The minimum Gasteiger partial charge on any atom is -0.492 e. The van der Waals surface area contributed by atoms with E-state index in [1.54, 1.807) is 31.2 Å². The fourth-order valence-electron chi connectivity index (χ4n) is 3.76. The van der Waals surface area contributed by atoms with E-state index in [0.717, 1.165) is 24.8 Å². The molecule has 0 bridgehead atoms. The van der Waals surface area contributed by atoms with Crippen LogP contribution in [0.4, 0.5) is 4.79 Å². The molecule has 6 heteroatoms. The van der Waals surface area contributed by atoms with E-state index >= 15 is 0 Å². The molecule has 1 aliphatic heterocycles. The van der Waals surface area contributed by atoms with Gasteiger partial charge >= 0.3 is 6.03 Å². The van der Waals surface area contributed by atoms with Gasteiger partial charge in [-0.3, -0.25) is 9.69 Å². The Morgan fingerprint density at radius 1 is 1.11 bits per heavy atom. The first-order valence-electron chi connectivity index (χ1n) is 9.12. The summed E-state index contributed by atoms with van der Waals surface area (Å²) in [5.74, 6) is 0.401. The maximum Gasteiger partial charge on any atom is 0.325 e. The molecule has 140 valence electrons. The lowest BCUT2D eigenvalue weighted by Gasteiger charge is -2.23. The Labute approximate surface area is 163 Å². The molecule has 1 saturated heterocycles. The smallest absolute Gasteiger partial charge is 0.325 e. The van der Waals surface area contributed by atoms with Gasteiger partial charge in [0.05, 0.1) is 6.54 Å². The lowest BCUT2D eigenvalue weighted by atomic mass is 9.90. The average molecular weight is 385 g/mol. The summed E-state index contributed by atoms with van der Waals surface area (Å²) in [6, 6.07) is 12.7. The van der Waals surface area contributed by atoms with E-state index in [4.69, 9.17) is 16.3 Å². The second kappa shape index (κ2) is 6.89. The zero-order valence-electron chi connectivity index (χ0n) is 15.1. The molecule has 1 aliphatic carbocycles. The molecule has 0 spiro atoms. The van der Waals surface area contributed by atoms with Crippen molar-refractivity contribution >= 4 is 23.5 Å². The molecule has 1 atom stereocenters. The van der Waals surface area contributed by atoms with Crippen LogP contribution in [0.2, 0.25) is 5.02 Å². The predicted octanol–water partition coefficient (Wildman–Crippen LogP) is 3.67. The number of nitrogens with zero attached hydrogens (tertiary/aromatic N) is 1. The second-order valence-corrected chi connectivity index (χ2v) is 7.59. The number of hydrogen-bond donors (Lipinski definition) is 1. The van der Waals surface area contributed by atoms with Crippen LogP contribution in [0.15, 0.2) is 42.5 Å². The zero-order valence-corrected chi connectivity index (χ0v) is 15.9. The monoisotopic (exact) mass is 384 g/mol. The molecule has 0 saturated carbocycles. The van der Waals surface area contributed by atoms with Gasteiger partial charge < -0.3 is 10.1 Å². The third kappa shape index (κ3) is 3.28. The summed E-state index contributed by atoms with van der Waals surface area (Å²) < 4.78 is 5.62. The van der Waals surface area contributed by atoms with Crippen LogP contribution in [0.5, 0.6) is 5.75 Å². The number of ether oxygens (including phenoxy) is 1. The number of rotatable bonds is 5. The molecule has 1 N–H and O–H groups in total. The first-order chi connectivity index (χ1) is 13.0. The summed E-state index contributed by atoms with van der Waals surface area (Å²) in [6.45, 7) is 2.18. The highest BCUT2D eigenvalue weighted by atomic mass is 35.5. The topological polar surface area (TPSA) is 58.6 Å². The van der Waals surface area contributed by atoms with Crippen molar-refractivity contribution in [3.63, 3.8) is 0 Å². The van der Waals surface area contributed by atoms with Gasteiger partial charge in [0, 0.05) is 5.02 Å². The number of nitrogens with one attached hydrogen (secondary N) is 1. The van der Waals surface area contributed by atoms with Gasteiger partial charge in [0.2, 0.25) is 0 Å². The summed E-state index contributed by atoms with van der Waals surface area (Å²) >= 11 is 5.85. The highest BCUT2D eigenvalue weighted by Gasteiger charge is 2.49. The number of hydrogen-bond acceptors (Lipinski definition) is 3. The SMILES string of the molecule is CC1(c2ccc3c(c2)CCC3)NC(=O)N(CCOc2ccc(Cl)cc2)C1=O. The van der Waals surface area contributed by atoms with Crippen LogP contribution in [-0.4, -0.2) is 30.0 Å². The average Bonchev–Trinajstić information content (AvgIpc) is 3.21. The van der Waals surface area contributed by atoms with Crippen molar-refractivity contribution in [2.45, 2.75) is 31.7 Å². The fourth-order valence-corrected chi connectivity index (χ4v) is 3.89. The molecular formula is C21H21ClN2O3. The number of halogens is 1. The van der Waals surface area contributed by atoms with Crippen molar-refractivity contribution < 1.29 is 14.3 Å². The first-order valence-corrected chi connectivity index (χ1v) is 9.50. The molecule has 3 amide bonds. The molecule has 0 radical (unpaired) electrons. The van der Waals surface area contributed by atoms with Crippen molar-refractivity contribution in [2.24, 2.45) is 0 Å². The molecule has 2 aromatic carbocycles.